The van der Waals surface area contributed by atoms with Gasteiger partial charge >= 0.3 is 5.97 Å². The first-order valence-corrected chi connectivity index (χ1v) is 11.8. The predicted molar refractivity (Wildman–Crippen MR) is 138 cm³/mol. The third-order valence-electron chi connectivity index (χ3n) is 5.16. The van der Waals surface area contributed by atoms with Crippen LogP contribution in [-0.4, -0.2) is 13.1 Å². The molecule has 0 spiro atoms. The van der Waals surface area contributed by atoms with Crippen LogP contribution in [0, 0.1) is 0 Å². The Hall–Kier alpha value is -3.18. The molecular formula is C28H31NO3S. The van der Waals surface area contributed by atoms with Gasteiger partial charge in [0.1, 0.15) is 12.4 Å². The molecule has 0 aliphatic carbocycles. The van der Waals surface area contributed by atoms with Crippen molar-refractivity contribution < 1.29 is 14.3 Å². The average molecular weight is 462 g/mol. The SMILES string of the molecule is COC(=O)C(=Cc1ccc(OCc2ccc(C(C)(C)C)cc2)cc1)SCc1ccc(N)cc1. The number of methoxy groups -OCH3 is 1. The smallest absolute Gasteiger partial charge is 0.344 e. The Bertz CT molecular complexity index is 1080. The molecule has 0 heterocycles. The first-order chi connectivity index (χ1) is 15.7. The molecule has 33 heavy (non-hydrogen) atoms. The van der Waals surface area contributed by atoms with Crippen molar-refractivity contribution in [3.63, 3.8) is 0 Å². The largest absolute Gasteiger partial charge is 0.489 e. The Labute approximate surface area is 200 Å². The minimum Gasteiger partial charge on any atom is -0.489 e. The van der Waals surface area contributed by atoms with Crippen molar-refractivity contribution in [2.75, 3.05) is 12.8 Å². The molecule has 3 rings (SSSR count). The maximum Gasteiger partial charge on any atom is 0.344 e. The molecular weight excluding hydrogens is 430 g/mol. The van der Waals surface area contributed by atoms with Gasteiger partial charge in [0.2, 0.25) is 0 Å². The van der Waals surface area contributed by atoms with Gasteiger partial charge in [-0.3, -0.25) is 0 Å². The summed E-state index contributed by atoms with van der Waals surface area (Å²) in [5.41, 5.74) is 11.0. The standard InChI is InChI=1S/C28H31NO3S/c1-28(2,3)23-11-5-21(6-12-23)18-32-25-15-9-20(10-16-25)17-26(27(30)31-4)33-19-22-7-13-24(29)14-8-22/h5-17H,18-19,29H2,1-4H3. The van der Waals surface area contributed by atoms with E-state index < -0.39 is 0 Å². The van der Waals surface area contributed by atoms with Crippen LogP contribution in [0.2, 0.25) is 0 Å². The van der Waals surface area contributed by atoms with E-state index in [0.29, 0.717) is 17.3 Å². The molecule has 0 aliphatic heterocycles. The second-order valence-electron chi connectivity index (χ2n) is 8.84. The number of ether oxygens (including phenoxy) is 2. The summed E-state index contributed by atoms with van der Waals surface area (Å²) in [4.78, 5) is 12.8. The Morgan fingerprint density at radius 2 is 1.52 bits per heavy atom. The quantitative estimate of drug-likeness (QED) is 0.233. The summed E-state index contributed by atoms with van der Waals surface area (Å²) < 4.78 is 10.9. The zero-order valence-corrected chi connectivity index (χ0v) is 20.4. The summed E-state index contributed by atoms with van der Waals surface area (Å²) in [6.07, 6.45) is 1.84. The van der Waals surface area contributed by atoms with Gasteiger partial charge in [-0.05, 0) is 58.0 Å². The lowest BCUT2D eigenvalue weighted by atomic mass is 9.87. The molecule has 4 nitrogen and oxygen atoms in total. The lowest BCUT2D eigenvalue weighted by Gasteiger charge is -2.19. The van der Waals surface area contributed by atoms with E-state index in [1.807, 2.05) is 54.6 Å². The van der Waals surface area contributed by atoms with Crippen molar-refractivity contribution in [1.29, 1.82) is 0 Å². The molecule has 0 saturated heterocycles. The summed E-state index contributed by atoms with van der Waals surface area (Å²) in [5.74, 6) is 1.08. The Morgan fingerprint density at radius 3 is 2.09 bits per heavy atom. The van der Waals surface area contributed by atoms with E-state index in [-0.39, 0.29) is 11.4 Å². The van der Waals surface area contributed by atoms with Crippen LogP contribution in [0.3, 0.4) is 0 Å². The molecule has 0 amide bonds. The highest BCUT2D eigenvalue weighted by Gasteiger charge is 2.13. The fourth-order valence-corrected chi connectivity index (χ4v) is 4.05. The predicted octanol–water partition coefficient (Wildman–Crippen LogP) is 6.59. The molecule has 3 aromatic rings. The lowest BCUT2D eigenvalue weighted by Crippen LogP contribution is -2.10. The fourth-order valence-electron chi connectivity index (χ4n) is 3.11. The zero-order chi connectivity index (χ0) is 23.8. The van der Waals surface area contributed by atoms with E-state index in [0.717, 1.165) is 28.1 Å². The number of nitrogen functional groups attached to an aromatic ring is 1. The maximum absolute atomic E-state index is 12.2. The second-order valence-corrected chi connectivity index (χ2v) is 9.85. The number of carbonyl (C=O) groups is 1. The van der Waals surface area contributed by atoms with Crippen LogP contribution in [0.1, 0.15) is 43.0 Å². The summed E-state index contributed by atoms with van der Waals surface area (Å²) in [6.45, 7) is 7.12. The van der Waals surface area contributed by atoms with Gasteiger partial charge in [-0.2, -0.15) is 0 Å². The number of rotatable bonds is 8. The lowest BCUT2D eigenvalue weighted by molar-refractivity contribution is -0.135. The number of carbonyl (C=O) groups excluding carboxylic acids is 1. The van der Waals surface area contributed by atoms with Crippen LogP contribution < -0.4 is 10.5 Å². The van der Waals surface area contributed by atoms with E-state index in [4.69, 9.17) is 15.2 Å². The minimum atomic E-state index is -0.352. The fraction of sp³-hybridized carbons (Fsp3) is 0.250. The minimum absolute atomic E-state index is 0.138. The van der Waals surface area contributed by atoms with Gasteiger partial charge in [0.05, 0.1) is 12.0 Å². The molecule has 0 unspecified atom stereocenters. The summed E-state index contributed by atoms with van der Waals surface area (Å²) in [6, 6.07) is 23.9. The highest BCUT2D eigenvalue weighted by Crippen LogP contribution is 2.26. The summed E-state index contributed by atoms with van der Waals surface area (Å²) >= 11 is 1.44. The molecule has 172 valence electrons. The van der Waals surface area contributed by atoms with E-state index in [9.17, 15) is 4.79 Å². The van der Waals surface area contributed by atoms with E-state index in [2.05, 4.69) is 45.0 Å². The molecule has 0 saturated carbocycles. The number of anilines is 1. The molecule has 0 radical (unpaired) electrons. The van der Waals surface area contributed by atoms with Gasteiger partial charge in [0.25, 0.3) is 0 Å². The maximum atomic E-state index is 12.2. The van der Waals surface area contributed by atoms with Gasteiger partial charge in [0, 0.05) is 11.4 Å². The highest BCUT2D eigenvalue weighted by molar-refractivity contribution is 8.03. The number of esters is 1. The number of hydrogen-bond donors (Lipinski definition) is 1. The zero-order valence-electron chi connectivity index (χ0n) is 19.6. The van der Waals surface area contributed by atoms with Crippen LogP contribution in [0.5, 0.6) is 5.75 Å². The monoisotopic (exact) mass is 461 g/mol. The van der Waals surface area contributed by atoms with Gasteiger partial charge in [-0.15, -0.1) is 11.8 Å². The van der Waals surface area contributed by atoms with Gasteiger partial charge in [0.15, 0.2) is 0 Å². The van der Waals surface area contributed by atoms with Crippen molar-refractivity contribution in [3.05, 3.63) is 100.0 Å². The van der Waals surface area contributed by atoms with Crippen molar-refractivity contribution in [3.8, 4) is 5.75 Å². The Balaban J connectivity index is 1.62. The number of hydrogen-bond acceptors (Lipinski definition) is 5. The number of thioether (sulfide) groups is 1. The highest BCUT2D eigenvalue weighted by atomic mass is 32.2. The molecule has 0 bridgehead atoms. The van der Waals surface area contributed by atoms with Crippen LogP contribution in [0.25, 0.3) is 6.08 Å². The normalized spacial score (nSPS) is 11.8. The van der Waals surface area contributed by atoms with Crippen molar-refractivity contribution in [1.82, 2.24) is 0 Å². The van der Waals surface area contributed by atoms with Gasteiger partial charge < -0.3 is 15.2 Å². The summed E-state index contributed by atoms with van der Waals surface area (Å²) in [5, 5.41) is 0. The Morgan fingerprint density at radius 1 is 0.909 bits per heavy atom. The third-order valence-corrected chi connectivity index (χ3v) is 6.24. The van der Waals surface area contributed by atoms with Crippen molar-refractivity contribution in [2.45, 2.75) is 38.5 Å². The van der Waals surface area contributed by atoms with Crippen LogP contribution in [-0.2, 0) is 27.3 Å². The van der Waals surface area contributed by atoms with Crippen LogP contribution in [0.4, 0.5) is 5.69 Å². The van der Waals surface area contributed by atoms with E-state index in [1.54, 1.807) is 0 Å². The van der Waals surface area contributed by atoms with Gasteiger partial charge in [-0.1, -0.05) is 69.3 Å². The van der Waals surface area contributed by atoms with Crippen molar-refractivity contribution >= 4 is 29.5 Å². The molecule has 0 aromatic heterocycles. The topological polar surface area (TPSA) is 61.5 Å². The van der Waals surface area contributed by atoms with Crippen LogP contribution in [0.15, 0.2) is 77.7 Å². The first kappa shape index (κ1) is 24.5. The molecule has 2 N–H and O–H groups in total. The van der Waals surface area contributed by atoms with Crippen LogP contribution >= 0.6 is 11.8 Å². The Kier molecular flexibility index (Phi) is 8.23. The average Bonchev–Trinajstić information content (AvgIpc) is 2.81. The molecule has 0 aliphatic rings. The van der Waals surface area contributed by atoms with E-state index >= 15 is 0 Å². The third kappa shape index (κ3) is 7.43. The number of nitrogens with two attached hydrogens (primary N) is 1. The molecule has 5 heteroatoms. The van der Waals surface area contributed by atoms with Crippen molar-refractivity contribution in [2.24, 2.45) is 0 Å². The second kappa shape index (κ2) is 11.1. The van der Waals surface area contributed by atoms with E-state index in [1.165, 1.54) is 24.4 Å². The first-order valence-electron chi connectivity index (χ1n) is 10.8. The number of benzene rings is 3. The summed E-state index contributed by atoms with van der Waals surface area (Å²) in [7, 11) is 1.39. The molecule has 0 atom stereocenters. The molecule has 0 fully saturated rings. The van der Waals surface area contributed by atoms with Gasteiger partial charge in [-0.25, -0.2) is 4.79 Å². The molecule has 3 aromatic carbocycles.